The minimum absolute atomic E-state index is 0.0450. The maximum Gasteiger partial charge on any atom is 0.415 e. The van der Waals surface area contributed by atoms with E-state index in [4.69, 9.17) is 19.2 Å². The van der Waals surface area contributed by atoms with E-state index in [1.165, 1.54) is 11.3 Å². The molecule has 2 atom stereocenters. The Kier molecular flexibility index (Phi) is 7.73. The van der Waals surface area contributed by atoms with Crippen LogP contribution in [0.2, 0.25) is 0 Å². The second kappa shape index (κ2) is 11.9. The van der Waals surface area contributed by atoms with Crippen molar-refractivity contribution < 1.29 is 23.8 Å². The summed E-state index contributed by atoms with van der Waals surface area (Å²) in [6, 6.07) is 17.9. The third kappa shape index (κ3) is 6.16. The van der Waals surface area contributed by atoms with E-state index in [0.717, 1.165) is 29.8 Å². The molecule has 208 valence electrons. The first-order valence-corrected chi connectivity index (χ1v) is 13.7. The first kappa shape index (κ1) is 26.0. The fraction of sp³-hybridized carbons (Fsp3) is 0.379. The van der Waals surface area contributed by atoms with Crippen molar-refractivity contribution in [2.45, 2.75) is 38.0 Å². The fourth-order valence-electron chi connectivity index (χ4n) is 5.04. The molecule has 5 heterocycles. The number of nitrogens with zero attached hydrogens (tertiary/aromatic N) is 3. The average molecular weight is 545 g/mol. The largest absolute Gasteiger partial charge is 0.480 e. The highest BCUT2D eigenvalue weighted by Crippen LogP contribution is 2.30. The minimum atomic E-state index is -0.452. The number of cyclic esters (lactones) is 1. The van der Waals surface area contributed by atoms with Crippen LogP contribution in [0.25, 0.3) is 11.3 Å². The number of hydrogen-bond donors (Lipinski definition) is 3. The molecule has 0 spiro atoms. The number of nitrogens with one attached hydrogen (secondary N) is 3. The molecule has 0 radical (unpaired) electrons. The standard InChI is InChI=1S/C29H32N6O5/c36-26-18-38-24-9-10-25(33-28(24)34-26)35-16-22(40-29(35)37)11-13-30-15-19-4-1-5-20(14-19)23-7-2-8-27(32-23)39-17-21-6-3-12-31-21/h1-2,4-5,7-10,14,21-22,30-31H,3,6,11-13,15-18H2,(H,33,34,36)/t21-,22-/m0/s1. The van der Waals surface area contributed by atoms with E-state index in [-0.39, 0.29) is 18.6 Å². The SMILES string of the molecule is O=C1COc2ccc(N3C[C@H](CCNCc4cccc(-c5cccc(OC[C@@H]6CCCN6)n5)c4)OC3=O)nc2N1. The normalized spacial score (nSPS) is 20.1. The van der Waals surface area contributed by atoms with Gasteiger partial charge >= 0.3 is 6.09 Å². The second-order valence-corrected chi connectivity index (χ2v) is 10.1. The quantitative estimate of drug-likeness (QED) is 0.330. The van der Waals surface area contributed by atoms with Crippen LogP contribution in [0.4, 0.5) is 16.4 Å². The number of benzene rings is 1. The van der Waals surface area contributed by atoms with Gasteiger partial charge in [-0.2, -0.15) is 0 Å². The topological polar surface area (TPSA) is 127 Å². The van der Waals surface area contributed by atoms with Crippen molar-refractivity contribution in [1.29, 1.82) is 0 Å². The molecule has 2 fully saturated rings. The fourth-order valence-corrected chi connectivity index (χ4v) is 5.04. The van der Waals surface area contributed by atoms with Crippen LogP contribution in [0.15, 0.2) is 54.6 Å². The molecule has 0 saturated carbocycles. The zero-order valence-corrected chi connectivity index (χ0v) is 22.1. The van der Waals surface area contributed by atoms with Gasteiger partial charge in [-0.25, -0.2) is 14.8 Å². The molecule has 2 aromatic heterocycles. The molecular weight excluding hydrogens is 512 g/mol. The van der Waals surface area contributed by atoms with E-state index in [0.29, 0.717) is 62.0 Å². The summed E-state index contributed by atoms with van der Waals surface area (Å²) < 4.78 is 16.8. The molecule has 0 bridgehead atoms. The van der Waals surface area contributed by atoms with Gasteiger partial charge in [-0.15, -0.1) is 0 Å². The van der Waals surface area contributed by atoms with Gasteiger partial charge in [0.05, 0.1) is 12.2 Å². The van der Waals surface area contributed by atoms with Crippen molar-refractivity contribution in [3.05, 3.63) is 60.2 Å². The van der Waals surface area contributed by atoms with Crippen LogP contribution in [0.5, 0.6) is 11.6 Å². The predicted molar refractivity (Wildman–Crippen MR) is 148 cm³/mol. The van der Waals surface area contributed by atoms with Crippen molar-refractivity contribution in [1.82, 2.24) is 20.6 Å². The Morgan fingerprint density at radius 2 is 2.02 bits per heavy atom. The van der Waals surface area contributed by atoms with E-state index in [1.807, 2.05) is 30.3 Å². The van der Waals surface area contributed by atoms with Crippen molar-refractivity contribution >= 4 is 23.6 Å². The zero-order chi connectivity index (χ0) is 27.3. The Labute approximate surface area is 232 Å². The summed E-state index contributed by atoms with van der Waals surface area (Å²) in [5, 5.41) is 9.55. The molecule has 3 aliphatic rings. The molecule has 3 aromatic rings. The van der Waals surface area contributed by atoms with Crippen molar-refractivity contribution in [3.8, 4) is 22.9 Å². The average Bonchev–Trinajstić information content (AvgIpc) is 3.64. The van der Waals surface area contributed by atoms with E-state index < -0.39 is 6.09 Å². The lowest BCUT2D eigenvalue weighted by atomic mass is 10.1. The van der Waals surface area contributed by atoms with Gasteiger partial charge in [0.25, 0.3) is 5.91 Å². The summed E-state index contributed by atoms with van der Waals surface area (Å²) >= 11 is 0. The lowest BCUT2D eigenvalue weighted by molar-refractivity contribution is -0.118. The van der Waals surface area contributed by atoms with Crippen LogP contribution in [-0.2, 0) is 16.1 Å². The Morgan fingerprint density at radius 3 is 2.92 bits per heavy atom. The summed E-state index contributed by atoms with van der Waals surface area (Å²) in [5.74, 6) is 1.57. The van der Waals surface area contributed by atoms with E-state index in [9.17, 15) is 9.59 Å². The summed E-state index contributed by atoms with van der Waals surface area (Å²) in [6.07, 6.45) is 2.27. The molecule has 11 nitrogen and oxygen atoms in total. The van der Waals surface area contributed by atoms with Gasteiger partial charge in [-0.3, -0.25) is 9.69 Å². The molecule has 3 aliphatic heterocycles. The molecule has 3 N–H and O–H groups in total. The first-order valence-electron chi connectivity index (χ1n) is 13.7. The second-order valence-electron chi connectivity index (χ2n) is 10.1. The Bertz CT molecular complexity index is 1380. The van der Waals surface area contributed by atoms with Crippen molar-refractivity contribution in [2.75, 3.05) is 43.1 Å². The van der Waals surface area contributed by atoms with Crippen molar-refractivity contribution in [3.63, 3.8) is 0 Å². The number of anilines is 2. The minimum Gasteiger partial charge on any atom is -0.480 e. The van der Waals surface area contributed by atoms with E-state index in [2.05, 4.69) is 33.1 Å². The molecule has 11 heteroatoms. The van der Waals surface area contributed by atoms with Crippen LogP contribution in [0.1, 0.15) is 24.8 Å². The van der Waals surface area contributed by atoms with Gasteiger partial charge in [0.15, 0.2) is 18.2 Å². The number of aromatic nitrogens is 2. The number of hydrogen-bond acceptors (Lipinski definition) is 9. The predicted octanol–water partition coefficient (Wildman–Crippen LogP) is 3.11. The van der Waals surface area contributed by atoms with Gasteiger partial charge in [0, 0.05) is 24.2 Å². The molecule has 0 unspecified atom stereocenters. The highest BCUT2D eigenvalue weighted by Gasteiger charge is 2.33. The Balaban J connectivity index is 0.986. The molecule has 6 rings (SSSR count). The number of carbonyl (C=O) groups is 2. The van der Waals surface area contributed by atoms with Gasteiger partial charge in [-0.05, 0) is 62.2 Å². The van der Waals surface area contributed by atoms with Crippen LogP contribution >= 0.6 is 0 Å². The highest BCUT2D eigenvalue weighted by atomic mass is 16.6. The maximum atomic E-state index is 12.5. The lowest BCUT2D eigenvalue weighted by Gasteiger charge is -2.19. The van der Waals surface area contributed by atoms with Gasteiger partial charge in [0.1, 0.15) is 18.5 Å². The molecule has 2 amide bonds. The van der Waals surface area contributed by atoms with E-state index >= 15 is 0 Å². The number of rotatable bonds is 10. The van der Waals surface area contributed by atoms with Crippen LogP contribution in [0.3, 0.4) is 0 Å². The summed E-state index contributed by atoms with van der Waals surface area (Å²) in [6.45, 7) is 3.37. The van der Waals surface area contributed by atoms with Crippen LogP contribution < -0.4 is 30.3 Å². The van der Waals surface area contributed by atoms with Crippen molar-refractivity contribution in [2.24, 2.45) is 0 Å². The third-order valence-corrected chi connectivity index (χ3v) is 7.12. The first-order chi connectivity index (χ1) is 19.6. The monoisotopic (exact) mass is 544 g/mol. The molecule has 0 aliphatic carbocycles. The number of ether oxygens (including phenoxy) is 3. The number of pyridine rings is 2. The van der Waals surface area contributed by atoms with Gasteiger partial charge in [0.2, 0.25) is 5.88 Å². The zero-order valence-electron chi connectivity index (χ0n) is 22.1. The maximum absolute atomic E-state index is 12.5. The van der Waals surface area contributed by atoms with Crippen LogP contribution in [-0.4, -0.2) is 67.0 Å². The van der Waals surface area contributed by atoms with E-state index in [1.54, 1.807) is 12.1 Å². The number of carbonyl (C=O) groups excluding carboxylic acids is 2. The number of fused-ring (bicyclic) bond motifs is 1. The lowest BCUT2D eigenvalue weighted by Crippen LogP contribution is -2.29. The number of amides is 2. The van der Waals surface area contributed by atoms with Crippen LogP contribution in [0, 0.1) is 0 Å². The van der Waals surface area contributed by atoms with Gasteiger partial charge in [-0.1, -0.05) is 24.3 Å². The Morgan fingerprint density at radius 1 is 1.10 bits per heavy atom. The Hall–Kier alpha value is -4.22. The summed E-state index contributed by atoms with van der Waals surface area (Å²) in [5.41, 5.74) is 3.04. The molecule has 1 aromatic carbocycles. The molecular formula is C29H32N6O5. The molecule has 40 heavy (non-hydrogen) atoms. The summed E-state index contributed by atoms with van der Waals surface area (Å²) in [7, 11) is 0. The van der Waals surface area contributed by atoms with Gasteiger partial charge < -0.3 is 30.2 Å². The molecule has 2 saturated heterocycles. The highest BCUT2D eigenvalue weighted by molar-refractivity contribution is 5.95. The summed E-state index contributed by atoms with van der Waals surface area (Å²) in [4.78, 5) is 34.6. The third-order valence-electron chi connectivity index (χ3n) is 7.12. The smallest absolute Gasteiger partial charge is 0.415 e.